The van der Waals surface area contributed by atoms with Crippen molar-refractivity contribution in [2.75, 3.05) is 7.11 Å². The van der Waals surface area contributed by atoms with Crippen LogP contribution in [0.3, 0.4) is 0 Å². The zero-order valence-corrected chi connectivity index (χ0v) is 10.5. The lowest BCUT2D eigenvalue weighted by atomic mass is 10.0. The number of hydrogen-bond donors (Lipinski definition) is 1. The molecule has 1 N–H and O–H groups in total. The van der Waals surface area contributed by atoms with E-state index in [0.29, 0.717) is 5.75 Å². The molecule has 1 aromatic rings. The Morgan fingerprint density at radius 1 is 1.60 bits per heavy atom. The molecule has 0 fully saturated rings. The Balaban J connectivity index is 3.36. The molecule has 0 aliphatic heterocycles. The summed E-state index contributed by atoms with van der Waals surface area (Å²) in [4.78, 5) is 11.1. The van der Waals surface area contributed by atoms with Crippen LogP contribution in [-0.2, 0) is 11.2 Å². The van der Waals surface area contributed by atoms with Gasteiger partial charge in [0.05, 0.1) is 7.11 Å². The molecule has 0 atom stereocenters. The van der Waals surface area contributed by atoms with E-state index in [-0.39, 0.29) is 18.0 Å². The van der Waals surface area contributed by atoms with Crippen LogP contribution in [-0.4, -0.2) is 18.0 Å². The molecular formula is C11H13BrO3. The van der Waals surface area contributed by atoms with Crippen molar-refractivity contribution in [2.24, 2.45) is 0 Å². The number of carbonyl (C=O) groups is 1. The van der Waals surface area contributed by atoms with Gasteiger partial charge in [-0.25, -0.2) is 0 Å². The Morgan fingerprint density at radius 2 is 2.20 bits per heavy atom. The third-order valence-electron chi connectivity index (χ3n) is 2.21. The van der Waals surface area contributed by atoms with E-state index in [4.69, 9.17) is 4.74 Å². The molecule has 0 saturated heterocycles. The second-order valence-electron chi connectivity index (χ2n) is 3.39. The summed E-state index contributed by atoms with van der Waals surface area (Å²) in [5.74, 6) is 0.464. The molecule has 0 radical (unpaired) electrons. The van der Waals surface area contributed by atoms with E-state index in [9.17, 15) is 9.90 Å². The lowest BCUT2D eigenvalue weighted by Gasteiger charge is -2.13. The highest BCUT2D eigenvalue weighted by atomic mass is 79.9. The van der Waals surface area contributed by atoms with E-state index in [1.54, 1.807) is 6.07 Å². The fourth-order valence-electron chi connectivity index (χ4n) is 1.45. The smallest absolute Gasteiger partial charge is 0.164 e. The Kier molecular flexibility index (Phi) is 3.74. The van der Waals surface area contributed by atoms with Crippen LogP contribution in [0.5, 0.6) is 11.5 Å². The first kappa shape index (κ1) is 12.0. The van der Waals surface area contributed by atoms with Crippen molar-refractivity contribution < 1.29 is 14.6 Å². The van der Waals surface area contributed by atoms with Crippen LogP contribution in [0, 0.1) is 6.92 Å². The van der Waals surface area contributed by atoms with Gasteiger partial charge in [0.2, 0.25) is 0 Å². The van der Waals surface area contributed by atoms with E-state index in [1.807, 2.05) is 6.92 Å². The zero-order chi connectivity index (χ0) is 11.6. The van der Waals surface area contributed by atoms with Crippen LogP contribution in [0.1, 0.15) is 18.1 Å². The van der Waals surface area contributed by atoms with Crippen molar-refractivity contribution in [1.29, 1.82) is 0 Å². The summed E-state index contributed by atoms with van der Waals surface area (Å²) in [7, 11) is 1.48. The van der Waals surface area contributed by atoms with Crippen LogP contribution >= 0.6 is 15.9 Å². The van der Waals surface area contributed by atoms with Crippen LogP contribution < -0.4 is 4.74 Å². The minimum Gasteiger partial charge on any atom is -0.504 e. The molecule has 0 aliphatic rings. The Hall–Kier alpha value is -1.03. The second-order valence-corrected chi connectivity index (χ2v) is 4.25. The average molecular weight is 273 g/mol. The van der Waals surface area contributed by atoms with Gasteiger partial charge in [0.25, 0.3) is 0 Å². The summed E-state index contributed by atoms with van der Waals surface area (Å²) in [5, 5.41) is 9.64. The van der Waals surface area contributed by atoms with E-state index >= 15 is 0 Å². The number of halogens is 1. The normalized spacial score (nSPS) is 10.1. The molecule has 0 heterocycles. The number of hydrogen-bond acceptors (Lipinski definition) is 3. The van der Waals surface area contributed by atoms with Gasteiger partial charge in [-0.15, -0.1) is 0 Å². The van der Waals surface area contributed by atoms with Gasteiger partial charge < -0.3 is 9.84 Å². The Bertz CT molecular complexity index is 399. The van der Waals surface area contributed by atoms with Crippen molar-refractivity contribution in [1.82, 2.24) is 0 Å². The van der Waals surface area contributed by atoms with Crippen molar-refractivity contribution in [3.8, 4) is 11.5 Å². The maximum absolute atomic E-state index is 11.1. The molecule has 3 nitrogen and oxygen atoms in total. The number of ether oxygens (including phenoxy) is 1. The standard InChI is InChI=1S/C11H13BrO3/c1-6(13)4-8-7(2)9(12)5-10(14)11(8)15-3/h5,14H,4H2,1-3H3. The number of benzene rings is 1. The van der Waals surface area contributed by atoms with E-state index in [2.05, 4.69) is 15.9 Å². The number of phenolic OH excluding ortho intramolecular Hbond substituents is 1. The summed E-state index contributed by atoms with van der Waals surface area (Å²) in [6, 6.07) is 1.57. The summed E-state index contributed by atoms with van der Waals surface area (Å²) >= 11 is 3.32. The number of aromatic hydroxyl groups is 1. The number of carbonyl (C=O) groups excluding carboxylic acids is 1. The third kappa shape index (κ3) is 2.50. The second kappa shape index (κ2) is 4.66. The van der Waals surface area contributed by atoms with Crippen molar-refractivity contribution in [3.63, 3.8) is 0 Å². The third-order valence-corrected chi connectivity index (χ3v) is 3.03. The minimum absolute atomic E-state index is 0.0360. The highest BCUT2D eigenvalue weighted by molar-refractivity contribution is 9.10. The zero-order valence-electron chi connectivity index (χ0n) is 8.93. The molecule has 0 saturated carbocycles. The maximum Gasteiger partial charge on any atom is 0.164 e. The highest BCUT2D eigenvalue weighted by Gasteiger charge is 2.15. The molecule has 0 amide bonds. The van der Waals surface area contributed by atoms with Gasteiger partial charge in [0.1, 0.15) is 5.78 Å². The fraction of sp³-hybridized carbons (Fsp3) is 0.364. The topological polar surface area (TPSA) is 46.5 Å². The van der Waals surface area contributed by atoms with E-state index in [1.165, 1.54) is 14.0 Å². The average Bonchev–Trinajstić information content (AvgIpc) is 2.13. The van der Waals surface area contributed by atoms with Gasteiger partial charge in [-0.2, -0.15) is 0 Å². The molecule has 1 aromatic carbocycles. The summed E-state index contributed by atoms with van der Waals surface area (Å²) in [6.07, 6.45) is 0.266. The number of methoxy groups -OCH3 is 1. The first-order valence-corrected chi connectivity index (χ1v) is 5.31. The van der Waals surface area contributed by atoms with Gasteiger partial charge in [-0.1, -0.05) is 15.9 Å². The van der Waals surface area contributed by atoms with Crippen molar-refractivity contribution >= 4 is 21.7 Å². The Labute approximate surface area is 97.2 Å². The Morgan fingerprint density at radius 3 is 2.67 bits per heavy atom. The molecule has 15 heavy (non-hydrogen) atoms. The number of ketones is 1. The van der Waals surface area contributed by atoms with Crippen LogP contribution in [0.15, 0.2) is 10.5 Å². The molecule has 4 heteroatoms. The molecule has 0 unspecified atom stereocenters. The number of rotatable bonds is 3. The lowest BCUT2D eigenvalue weighted by Crippen LogP contribution is -2.02. The minimum atomic E-state index is 0.0360. The molecule has 82 valence electrons. The summed E-state index contributed by atoms with van der Waals surface area (Å²) in [6.45, 7) is 3.39. The molecule has 1 rings (SSSR count). The van der Waals surface area contributed by atoms with Crippen molar-refractivity contribution in [3.05, 3.63) is 21.7 Å². The maximum atomic E-state index is 11.1. The number of phenols is 1. The van der Waals surface area contributed by atoms with Gasteiger partial charge in [-0.05, 0) is 25.5 Å². The van der Waals surface area contributed by atoms with E-state index < -0.39 is 0 Å². The van der Waals surface area contributed by atoms with Crippen LogP contribution in [0.2, 0.25) is 0 Å². The predicted octanol–water partition coefficient (Wildman–Crippen LogP) is 2.60. The van der Waals surface area contributed by atoms with Gasteiger partial charge in [-0.3, -0.25) is 4.79 Å². The summed E-state index contributed by atoms with van der Waals surface area (Å²) < 4.78 is 5.86. The van der Waals surface area contributed by atoms with Crippen molar-refractivity contribution in [2.45, 2.75) is 20.3 Å². The first-order chi connectivity index (χ1) is 6.97. The molecule has 0 aliphatic carbocycles. The molecular weight excluding hydrogens is 260 g/mol. The predicted molar refractivity (Wildman–Crippen MR) is 61.5 cm³/mol. The van der Waals surface area contributed by atoms with Gasteiger partial charge >= 0.3 is 0 Å². The van der Waals surface area contributed by atoms with Crippen LogP contribution in [0.25, 0.3) is 0 Å². The quantitative estimate of drug-likeness (QED) is 0.920. The van der Waals surface area contributed by atoms with Gasteiger partial charge in [0.15, 0.2) is 11.5 Å². The largest absolute Gasteiger partial charge is 0.504 e. The fourth-order valence-corrected chi connectivity index (χ4v) is 1.91. The van der Waals surface area contributed by atoms with Gasteiger partial charge in [0, 0.05) is 16.5 Å². The van der Waals surface area contributed by atoms with E-state index in [0.717, 1.165) is 15.6 Å². The number of Topliss-reactive ketones (excluding diaryl/α,β-unsaturated/α-hetero) is 1. The molecule has 0 bridgehead atoms. The SMILES string of the molecule is COc1c(O)cc(Br)c(C)c1CC(C)=O. The lowest BCUT2D eigenvalue weighted by molar-refractivity contribution is -0.116. The monoisotopic (exact) mass is 272 g/mol. The summed E-state index contributed by atoms with van der Waals surface area (Å²) in [5.41, 5.74) is 1.65. The highest BCUT2D eigenvalue weighted by Crippen LogP contribution is 2.37. The van der Waals surface area contributed by atoms with Crippen LogP contribution in [0.4, 0.5) is 0 Å². The molecule has 0 spiro atoms. The first-order valence-electron chi connectivity index (χ1n) is 4.51. The molecule has 0 aromatic heterocycles.